The second kappa shape index (κ2) is 13.1. The first-order valence-corrected chi connectivity index (χ1v) is 11.2. The van der Waals surface area contributed by atoms with E-state index in [2.05, 4.69) is 11.9 Å². The summed E-state index contributed by atoms with van der Waals surface area (Å²) in [5.74, 6) is -0.779. The first-order chi connectivity index (χ1) is 16.0. The van der Waals surface area contributed by atoms with E-state index in [9.17, 15) is 14.7 Å². The Balaban J connectivity index is 0.000000533. The van der Waals surface area contributed by atoms with Gasteiger partial charge in [-0.1, -0.05) is 66.7 Å². The van der Waals surface area contributed by atoms with Crippen LogP contribution in [0.1, 0.15) is 45.2 Å². The molecule has 1 unspecified atom stereocenters. The van der Waals surface area contributed by atoms with E-state index in [-0.39, 0.29) is 18.9 Å². The maximum atomic E-state index is 13.2. The first kappa shape index (κ1) is 29.1. The third-order valence-electron chi connectivity index (χ3n) is 6.36. The van der Waals surface area contributed by atoms with Crippen LogP contribution in [0.25, 0.3) is 0 Å². The molecule has 2 rings (SSSR count). The molecule has 6 nitrogen and oxygen atoms in total. The summed E-state index contributed by atoms with van der Waals surface area (Å²) < 4.78 is 9.80. The number of allylic oxidation sites excluding steroid dienone is 1. The third-order valence-corrected chi connectivity index (χ3v) is 6.36. The van der Waals surface area contributed by atoms with Gasteiger partial charge in [0, 0.05) is 12.6 Å². The van der Waals surface area contributed by atoms with Crippen molar-refractivity contribution < 1.29 is 24.2 Å². The molecule has 0 spiro atoms. The van der Waals surface area contributed by atoms with Gasteiger partial charge in [-0.2, -0.15) is 0 Å². The number of carbonyl (C=O) groups excluding carboxylic acids is 2. The van der Waals surface area contributed by atoms with Crippen molar-refractivity contribution >= 4 is 11.9 Å². The number of rotatable bonds is 10. The molecule has 186 valence electrons. The lowest BCUT2D eigenvalue weighted by molar-refractivity contribution is -0.156. The summed E-state index contributed by atoms with van der Waals surface area (Å²) in [6, 6.07) is 19.2. The zero-order valence-electron chi connectivity index (χ0n) is 21.3. The number of methoxy groups -OCH3 is 2. The normalized spacial score (nSPS) is 13.0. The first-order valence-electron chi connectivity index (χ1n) is 11.2. The fourth-order valence-corrected chi connectivity index (χ4v) is 3.38. The molecule has 0 bridgehead atoms. The summed E-state index contributed by atoms with van der Waals surface area (Å²) in [5, 5.41) is 13.0. The highest BCUT2D eigenvalue weighted by Gasteiger charge is 2.48. The molecule has 2 aromatic rings. The van der Waals surface area contributed by atoms with Gasteiger partial charge in [0.1, 0.15) is 5.41 Å². The van der Waals surface area contributed by atoms with Gasteiger partial charge in [0.05, 0.1) is 25.7 Å². The standard InChI is InChI=1S/C20H29NO4.C8H10O/c1-7-13-20(14-22,15-11-9-8-10-12-15)16(23)21-19(4,5)18(2,3)17(24)25-6;1-9-7-8-5-3-2-4-6-8/h7-12,22H,1,13-14H2,2-6H3,(H,21,23);2-6H,7H2,1H3. The van der Waals surface area contributed by atoms with Crippen LogP contribution in [0, 0.1) is 5.41 Å². The van der Waals surface area contributed by atoms with E-state index < -0.39 is 22.3 Å². The van der Waals surface area contributed by atoms with E-state index in [1.165, 1.54) is 12.7 Å². The summed E-state index contributed by atoms with van der Waals surface area (Å²) in [6.45, 7) is 11.0. The molecule has 0 aliphatic rings. The smallest absolute Gasteiger partial charge is 0.313 e. The van der Waals surface area contributed by atoms with Gasteiger partial charge >= 0.3 is 5.97 Å². The van der Waals surface area contributed by atoms with E-state index in [1.54, 1.807) is 53.0 Å². The minimum atomic E-state index is -1.16. The Morgan fingerprint density at radius 2 is 1.50 bits per heavy atom. The second-order valence-electron chi connectivity index (χ2n) is 9.21. The fourth-order valence-electron chi connectivity index (χ4n) is 3.38. The Labute approximate surface area is 204 Å². The number of esters is 1. The molecule has 2 N–H and O–H groups in total. The van der Waals surface area contributed by atoms with Crippen LogP contribution in [-0.2, 0) is 31.1 Å². The number of amides is 1. The van der Waals surface area contributed by atoms with Crippen molar-refractivity contribution in [2.75, 3.05) is 20.8 Å². The molecule has 1 atom stereocenters. The van der Waals surface area contributed by atoms with Gasteiger partial charge in [0.15, 0.2) is 0 Å². The molecule has 0 radical (unpaired) electrons. The lowest BCUT2D eigenvalue weighted by Gasteiger charge is -2.42. The number of aliphatic hydroxyl groups is 1. The quantitative estimate of drug-likeness (QED) is 0.397. The third kappa shape index (κ3) is 7.02. The van der Waals surface area contributed by atoms with Gasteiger partial charge < -0.3 is 19.9 Å². The van der Waals surface area contributed by atoms with E-state index in [0.717, 1.165) is 0 Å². The van der Waals surface area contributed by atoms with Crippen LogP contribution in [0.2, 0.25) is 0 Å². The van der Waals surface area contributed by atoms with Crippen molar-refractivity contribution in [2.45, 2.75) is 51.7 Å². The SMILES string of the molecule is C=CCC(CO)(C(=O)NC(C)(C)C(C)(C)C(=O)OC)c1ccccc1.COCc1ccccc1. The van der Waals surface area contributed by atoms with Crippen molar-refractivity contribution in [1.29, 1.82) is 0 Å². The molecule has 6 heteroatoms. The van der Waals surface area contributed by atoms with Gasteiger partial charge in [-0.15, -0.1) is 6.58 Å². The molecule has 0 saturated heterocycles. The molecule has 0 aliphatic heterocycles. The zero-order valence-corrected chi connectivity index (χ0v) is 21.3. The zero-order chi connectivity index (χ0) is 25.8. The Morgan fingerprint density at radius 1 is 0.971 bits per heavy atom. The molecular formula is C28H39NO5. The van der Waals surface area contributed by atoms with E-state index in [4.69, 9.17) is 9.47 Å². The largest absolute Gasteiger partial charge is 0.469 e. The Bertz CT molecular complexity index is 909. The number of carbonyl (C=O) groups is 2. The van der Waals surface area contributed by atoms with Crippen molar-refractivity contribution in [3.8, 4) is 0 Å². The predicted molar refractivity (Wildman–Crippen MR) is 135 cm³/mol. The second-order valence-corrected chi connectivity index (χ2v) is 9.21. The minimum Gasteiger partial charge on any atom is -0.469 e. The highest BCUT2D eigenvalue weighted by Crippen LogP contribution is 2.35. The van der Waals surface area contributed by atoms with Crippen LogP contribution in [0.3, 0.4) is 0 Å². The van der Waals surface area contributed by atoms with E-state index in [1.807, 2.05) is 48.5 Å². The van der Waals surface area contributed by atoms with Crippen molar-refractivity contribution in [3.63, 3.8) is 0 Å². The van der Waals surface area contributed by atoms with Gasteiger partial charge in [0.25, 0.3) is 0 Å². The van der Waals surface area contributed by atoms with Crippen LogP contribution >= 0.6 is 0 Å². The average Bonchev–Trinajstić information content (AvgIpc) is 2.83. The molecule has 2 aromatic carbocycles. The highest BCUT2D eigenvalue weighted by molar-refractivity contribution is 5.90. The number of nitrogens with one attached hydrogen (secondary N) is 1. The molecular weight excluding hydrogens is 430 g/mol. The summed E-state index contributed by atoms with van der Waals surface area (Å²) >= 11 is 0. The molecule has 1 amide bonds. The predicted octanol–water partition coefficient (Wildman–Crippen LogP) is 4.42. The lowest BCUT2D eigenvalue weighted by atomic mass is 9.72. The molecule has 0 heterocycles. The number of benzene rings is 2. The van der Waals surface area contributed by atoms with E-state index in [0.29, 0.717) is 12.2 Å². The van der Waals surface area contributed by atoms with Crippen molar-refractivity contribution in [2.24, 2.45) is 5.41 Å². The Hall–Kier alpha value is -2.96. The number of hydrogen-bond donors (Lipinski definition) is 2. The number of aliphatic hydroxyl groups excluding tert-OH is 1. The van der Waals surface area contributed by atoms with E-state index >= 15 is 0 Å². The summed E-state index contributed by atoms with van der Waals surface area (Å²) in [6.07, 6.45) is 1.88. The maximum absolute atomic E-state index is 13.2. The van der Waals surface area contributed by atoms with Gasteiger partial charge in [-0.25, -0.2) is 0 Å². The summed E-state index contributed by atoms with van der Waals surface area (Å²) in [7, 11) is 3.02. The molecule has 34 heavy (non-hydrogen) atoms. The number of hydrogen-bond acceptors (Lipinski definition) is 5. The Morgan fingerprint density at radius 3 is 1.94 bits per heavy atom. The van der Waals surface area contributed by atoms with Gasteiger partial charge in [-0.05, 0) is 45.2 Å². The molecule has 0 fully saturated rings. The lowest BCUT2D eigenvalue weighted by Crippen LogP contribution is -2.61. The van der Waals surface area contributed by atoms with Crippen LogP contribution in [0.5, 0.6) is 0 Å². The average molecular weight is 470 g/mol. The van der Waals surface area contributed by atoms with Crippen LogP contribution < -0.4 is 5.32 Å². The van der Waals surface area contributed by atoms with Crippen LogP contribution in [0.4, 0.5) is 0 Å². The van der Waals surface area contributed by atoms with Crippen LogP contribution in [0.15, 0.2) is 73.3 Å². The molecule has 0 saturated carbocycles. The fraction of sp³-hybridized carbons (Fsp3) is 0.429. The molecule has 0 aromatic heterocycles. The number of ether oxygens (including phenoxy) is 2. The highest BCUT2D eigenvalue weighted by atomic mass is 16.5. The minimum absolute atomic E-state index is 0.272. The molecule has 0 aliphatic carbocycles. The van der Waals surface area contributed by atoms with Crippen molar-refractivity contribution in [1.82, 2.24) is 5.32 Å². The van der Waals surface area contributed by atoms with Crippen molar-refractivity contribution in [3.05, 3.63) is 84.4 Å². The summed E-state index contributed by atoms with van der Waals surface area (Å²) in [5.41, 5.74) is -1.09. The monoisotopic (exact) mass is 469 g/mol. The van der Waals surface area contributed by atoms with Gasteiger partial charge in [0.2, 0.25) is 5.91 Å². The van der Waals surface area contributed by atoms with Gasteiger partial charge in [-0.3, -0.25) is 9.59 Å². The summed E-state index contributed by atoms with van der Waals surface area (Å²) in [4.78, 5) is 25.3. The topological polar surface area (TPSA) is 84.9 Å². The van der Waals surface area contributed by atoms with Crippen LogP contribution in [-0.4, -0.2) is 43.3 Å². The maximum Gasteiger partial charge on any atom is 0.313 e. The Kier molecular flexibility index (Phi) is 11.2.